The van der Waals surface area contributed by atoms with Crippen LogP contribution in [0.3, 0.4) is 0 Å². The molecule has 1 aromatic carbocycles. The van der Waals surface area contributed by atoms with E-state index in [1.54, 1.807) is 24.7 Å². The summed E-state index contributed by atoms with van der Waals surface area (Å²) in [6, 6.07) is 15.1. The molecular weight excluding hydrogens is 546 g/mol. The Kier molecular flexibility index (Phi) is 7.44. The second-order valence-electron chi connectivity index (χ2n) is 6.66. The average Bonchev–Trinajstić information content (AvgIpc) is 3.18. The van der Waals surface area contributed by atoms with E-state index in [4.69, 9.17) is 5.26 Å². The first-order chi connectivity index (χ1) is 14.5. The van der Waals surface area contributed by atoms with Crippen LogP contribution in [0.4, 0.5) is 0 Å². The third-order valence-corrected chi connectivity index (χ3v) is 5.60. The number of pyridine rings is 2. The summed E-state index contributed by atoms with van der Waals surface area (Å²) in [5.41, 5.74) is 2.57. The van der Waals surface area contributed by atoms with E-state index in [1.165, 1.54) is 4.57 Å². The zero-order chi connectivity index (χ0) is 21.1. The minimum absolute atomic E-state index is 0. The summed E-state index contributed by atoms with van der Waals surface area (Å²) in [4.78, 5) is 21.3. The zero-order valence-corrected chi connectivity index (χ0v) is 20.1. The van der Waals surface area contributed by atoms with Gasteiger partial charge < -0.3 is 4.57 Å². The van der Waals surface area contributed by atoms with Gasteiger partial charge in [-0.15, -0.1) is 12.4 Å². The number of nitriles is 1. The topological polar surface area (TPSA) is 76.5 Å². The predicted octanol–water partition coefficient (Wildman–Crippen LogP) is 4.89. The van der Waals surface area contributed by atoms with Crippen LogP contribution in [0.2, 0.25) is 0 Å². The van der Waals surface area contributed by atoms with E-state index in [2.05, 4.69) is 52.5 Å². The molecule has 0 unspecified atom stereocenters. The van der Waals surface area contributed by atoms with Crippen LogP contribution in [0.1, 0.15) is 22.5 Å². The number of hydrogen-bond donors (Lipinski definition) is 0. The fraction of sp³-hybridized carbons (Fsp3) is 0.0909. The number of aromatic nitrogens is 4. The van der Waals surface area contributed by atoms with Crippen molar-refractivity contribution in [2.45, 2.75) is 13.0 Å². The summed E-state index contributed by atoms with van der Waals surface area (Å²) >= 11 is 6.67. The zero-order valence-electron chi connectivity index (χ0n) is 16.1. The Morgan fingerprint density at radius 3 is 2.45 bits per heavy atom. The molecule has 3 heterocycles. The number of imidazole rings is 1. The van der Waals surface area contributed by atoms with E-state index >= 15 is 0 Å². The SMILES string of the molecule is Cl.N#Cc1ccc(Cc2nccn2Cc2ccc(-n3cc(Br)cc(Br)c3=O)nc2)cc1. The largest absolute Gasteiger partial charge is 0.330 e. The molecule has 6 nitrogen and oxygen atoms in total. The molecule has 0 spiro atoms. The van der Waals surface area contributed by atoms with Crippen molar-refractivity contribution >= 4 is 44.3 Å². The minimum Gasteiger partial charge on any atom is -0.330 e. The summed E-state index contributed by atoms with van der Waals surface area (Å²) in [7, 11) is 0. The van der Waals surface area contributed by atoms with Gasteiger partial charge in [-0.3, -0.25) is 9.36 Å². The normalized spacial score (nSPS) is 10.4. The maximum atomic E-state index is 12.3. The summed E-state index contributed by atoms with van der Waals surface area (Å²) in [6.45, 7) is 0.621. The van der Waals surface area contributed by atoms with E-state index in [-0.39, 0.29) is 18.0 Å². The van der Waals surface area contributed by atoms with E-state index in [0.717, 1.165) is 21.4 Å². The first kappa shape index (κ1) is 22.9. The molecule has 31 heavy (non-hydrogen) atoms. The van der Waals surface area contributed by atoms with Gasteiger partial charge in [-0.2, -0.15) is 5.26 Å². The van der Waals surface area contributed by atoms with Crippen molar-refractivity contribution in [3.8, 4) is 11.9 Å². The second-order valence-corrected chi connectivity index (χ2v) is 8.43. The van der Waals surface area contributed by atoms with Crippen LogP contribution in [0, 0.1) is 11.3 Å². The van der Waals surface area contributed by atoms with Gasteiger partial charge in [0.2, 0.25) is 0 Å². The highest BCUT2D eigenvalue weighted by molar-refractivity contribution is 9.11. The Labute approximate surface area is 201 Å². The summed E-state index contributed by atoms with van der Waals surface area (Å²) in [5, 5.41) is 8.93. The molecule has 4 rings (SSSR count). The van der Waals surface area contributed by atoms with Gasteiger partial charge in [-0.1, -0.05) is 18.2 Å². The molecule has 4 aromatic rings. The first-order valence-corrected chi connectivity index (χ1v) is 10.6. The maximum absolute atomic E-state index is 12.3. The average molecular weight is 562 g/mol. The lowest BCUT2D eigenvalue weighted by Gasteiger charge is -2.10. The van der Waals surface area contributed by atoms with Crippen LogP contribution in [0.15, 0.2) is 81.0 Å². The van der Waals surface area contributed by atoms with Crippen molar-refractivity contribution in [1.82, 2.24) is 19.1 Å². The Morgan fingerprint density at radius 1 is 1.03 bits per heavy atom. The van der Waals surface area contributed by atoms with Crippen LogP contribution in [-0.2, 0) is 13.0 Å². The van der Waals surface area contributed by atoms with E-state index in [0.29, 0.717) is 28.8 Å². The first-order valence-electron chi connectivity index (χ1n) is 9.05. The highest BCUT2D eigenvalue weighted by Gasteiger charge is 2.09. The molecule has 0 N–H and O–H groups in total. The number of nitrogens with zero attached hydrogens (tertiary/aromatic N) is 5. The number of rotatable bonds is 5. The molecule has 9 heteroatoms. The molecular formula is C22H16Br2ClN5O. The molecule has 0 saturated carbocycles. The van der Waals surface area contributed by atoms with Crippen molar-refractivity contribution in [3.05, 3.63) is 109 Å². The standard InChI is InChI=1S/C22H15Br2N5O.ClH/c23-18-10-19(24)22(30)29(14-18)20-6-5-17(12-27-20)13-28-8-7-26-21(28)9-15-1-3-16(11-25)4-2-15;/h1-8,10,12,14H,9,13H2;1H. The molecule has 0 atom stereocenters. The molecule has 0 radical (unpaired) electrons. The van der Waals surface area contributed by atoms with E-state index < -0.39 is 0 Å². The quantitative estimate of drug-likeness (QED) is 0.348. The molecule has 0 fully saturated rings. The Bertz CT molecular complexity index is 1290. The van der Waals surface area contributed by atoms with Gasteiger partial charge >= 0.3 is 0 Å². The molecule has 0 aliphatic carbocycles. The van der Waals surface area contributed by atoms with Crippen LogP contribution in [0.25, 0.3) is 5.82 Å². The second kappa shape index (κ2) is 10.1. The third-order valence-electron chi connectivity index (χ3n) is 4.60. The number of halogens is 3. The molecule has 0 aliphatic heterocycles. The van der Waals surface area contributed by atoms with Gasteiger partial charge in [0.25, 0.3) is 5.56 Å². The van der Waals surface area contributed by atoms with Gasteiger partial charge in [-0.25, -0.2) is 9.97 Å². The Balaban J connectivity index is 0.00000272. The highest BCUT2D eigenvalue weighted by atomic mass is 79.9. The van der Waals surface area contributed by atoms with Crippen LogP contribution in [0.5, 0.6) is 0 Å². The molecule has 0 saturated heterocycles. The maximum Gasteiger partial charge on any atom is 0.270 e. The van der Waals surface area contributed by atoms with Crippen molar-refractivity contribution in [2.75, 3.05) is 0 Å². The van der Waals surface area contributed by atoms with Crippen LogP contribution < -0.4 is 5.56 Å². The van der Waals surface area contributed by atoms with Crippen molar-refractivity contribution < 1.29 is 0 Å². The monoisotopic (exact) mass is 559 g/mol. The van der Waals surface area contributed by atoms with Gasteiger partial charge in [0.1, 0.15) is 11.6 Å². The Morgan fingerprint density at radius 2 is 1.77 bits per heavy atom. The van der Waals surface area contributed by atoms with Crippen molar-refractivity contribution in [3.63, 3.8) is 0 Å². The van der Waals surface area contributed by atoms with Crippen LogP contribution in [-0.4, -0.2) is 19.1 Å². The van der Waals surface area contributed by atoms with Gasteiger partial charge in [-0.05, 0) is 67.3 Å². The molecule has 0 aliphatic rings. The lowest BCUT2D eigenvalue weighted by atomic mass is 10.1. The smallest absolute Gasteiger partial charge is 0.270 e. The molecule has 0 bridgehead atoms. The summed E-state index contributed by atoms with van der Waals surface area (Å²) in [5.74, 6) is 1.48. The Hall–Kier alpha value is -2.73. The fourth-order valence-corrected chi connectivity index (χ4v) is 4.25. The predicted molar refractivity (Wildman–Crippen MR) is 128 cm³/mol. The minimum atomic E-state index is -0.169. The highest BCUT2D eigenvalue weighted by Crippen LogP contribution is 2.16. The number of hydrogen-bond acceptors (Lipinski definition) is 4. The van der Waals surface area contributed by atoms with Crippen LogP contribution >= 0.6 is 44.3 Å². The van der Waals surface area contributed by atoms with Gasteiger partial charge in [0, 0.05) is 35.7 Å². The molecule has 156 valence electrons. The van der Waals surface area contributed by atoms with Gasteiger partial charge in [0.05, 0.1) is 22.7 Å². The fourth-order valence-electron chi connectivity index (χ4n) is 3.07. The molecule has 3 aromatic heterocycles. The van der Waals surface area contributed by atoms with E-state index in [1.807, 2.05) is 42.6 Å². The summed E-state index contributed by atoms with van der Waals surface area (Å²) in [6.07, 6.45) is 7.84. The number of benzene rings is 1. The third kappa shape index (κ3) is 5.31. The van der Waals surface area contributed by atoms with Crippen molar-refractivity contribution in [2.24, 2.45) is 0 Å². The van der Waals surface area contributed by atoms with Crippen molar-refractivity contribution in [1.29, 1.82) is 5.26 Å². The van der Waals surface area contributed by atoms with Gasteiger partial charge in [0.15, 0.2) is 0 Å². The van der Waals surface area contributed by atoms with E-state index in [9.17, 15) is 4.79 Å². The molecule has 0 amide bonds. The lowest BCUT2D eigenvalue weighted by molar-refractivity contribution is 0.737. The lowest BCUT2D eigenvalue weighted by Crippen LogP contribution is -2.19. The summed E-state index contributed by atoms with van der Waals surface area (Å²) < 4.78 is 4.81.